The smallest absolute Gasteiger partial charge is 0.385 e. The standard InChI is InChI=1S/C33H38F3N3O4/c34-33(35,36)24-8-6-22(7-9-24)18-38-15-14-32(43,26(20-38)16-21-4-2-1-3-5-21)25-10-11-27-23(17-25)19-39(31(27)42)28-12-13-29(40)37-30(28)41/h6-11,17,21,26,28,43H,1-5,12-16,18-20H2,(H,37,40,41). The second kappa shape index (κ2) is 11.7. The van der Waals surface area contributed by atoms with E-state index in [2.05, 4.69) is 10.2 Å². The molecular formula is C33H38F3N3O4. The first kappa shape index (κ1) is 29.8. The first-order valence-corrected chi connectivity index (χ1v) is 15.4. The Morgan fingerprint density at radius 3 is 2.42 bits per heavy atom. The van der Waals surface area contributed by atoms with E-state index in [-0.39, 0.29) is 30.7 Å². The van der Waals surface area contributed by atoms with E-state index in [0.29, 0.717) is 44.0 Å². The highest BCUT2D eigenvalue weighted by Crippen LogP contribution is 2.44. The average Bonchev–Trinajstić information content (AvgIpc) is 3.30. The molecule has 2 aromatic rings. The fourth-order valence-corrected chi connectivity index (χ4v) is 7.61. The molecule has 0 spiro atoms. The summed E-state index contributed by atoms with van der Waals surface area (Å²) in [6.07, 6.45) is 3.29. The van der Waals surface area contributed by atoms with Gasteiger partial charge in [0.2, 0.25) is 11.8 Å². The van der Waals surface area contributed by atoms with Crippen molar-refractivity contribution in [1.82, 2.24) is 15.1 Å². The summed E-state index contributed by atoms with van der Waals surface area (Å²) in [4.78, 5) is 41.1. The van der Waals surface area contributed by atoms with Crippen LogP contribution < -0.4 is 5.32 Å². The lowest BCUT2D eigenvalue weighted by atomic mass is 9.70. The number of carbonyl (C=O) groups is 3. The maximum Gasteiger partial charge on any atom is 0.416 e. The minimum Gasteiger partial charge on any atom is -0.385 e. The topological polar surface area (TPSA) is 90.0 Å². The molecule has 1 aliphatic carbocycles. The van der Waals surface area contributed by atoms with E-state index in [4.69, 9.17) is 0 Å². The van der Waals surface area contributed by atoms with Crippen molar-refractivity contribution in [3.63, 3.8) is 0 Å². The number of halogens is 3. The van der Waals surface area contributed by atoms with Gasteiger partial charge in [-0.2, -0.15) is 13.2 Å². The second-order valence-corrected chi connectivity index (χ2v) is 12.8. The van der Waals surface area contributed by atoms with Gasteiger partial charge < -0.3 is 10.0 Å². The van der Waals surface area contributed by atoms with Gasteiger partial charge in [0.1, 0.15) is 6.04 Å². The molecule has 4 aliphatic rings. The molecule has 230 valence electrons. The molecule has 3 heterocycles. The molecule has 6 rings (SSSR count). The highest BCUT2D eigenvalue weighted by molar-refractivity contribution is 6.05. The van der Waals surface area contributed by atoms with E-state index in [0.717, 1.165) is 48.1 Å². The first-order chi connectivity index (χ1) is 20.5. The molecule has 0 radical (unpaired) electrons. The van der Waals surface area contributed by atoms with Crippen LogP contribution in [0.5, 0.6) is 0 Å². The van der Waals surface area contributed by atoms with Gasteiger partial charge in [0.05, 0.1) is 11.2 Å². The van der Waals surface area contributed by atoms with E-state index in [9.17, 15) is 32.7 Å². The zero-order valence-corrected chi connectivity index (χ0v) is 24.2. The number of nitrogens with zero attached hydrogens (tertiary/aromatic N) is 2. The first-order valence-electron chi connectivity index (χ1n) is 15.4. The third-order valence-electron chi connectivity index (χ3n) is 10.0. The van der Waals surface area contributed by atoms with Gasteiger partial charge in [-0.05, 0) is 60.1 Å². The Kier molecular flexibility index (Phi) is 8.10. The number of carbonyl (C=O) groups excluding carboxylic acids is 3. The highest BCUT2D eigenvalue weighted by Gasteiger charge is 2.45. The van der Waals surface area contributed by atoms with Crippen molar-refractivity contribution in [3.05, 3.63) is 70.3 Å². The number of alkyl halides is 3. The summed E-state index contributed by atoms with van der Waals surface area (Å²) in [5.74, 6) is -0.600. The van der Waals surface area contributed by atoms with E-state index in [1.807, 2.05) is 12.1 Å². The number of likely N-dealkylation sites (tertiary alicyclic amines) is 1. The van der Waals surface area contributed by atoms with E-state index < -0.39 is 29.3 Å². The molecule has 0 aromatic heterocycles. The van der Waals surface area contributed by atoms with Crippen molar-refractivity contribution in [2.75, 3.05) is 13.1 Å². The lowest BCUT2D eigenvalue weighted by molar-refractivity contribution is -0.138. The number of imide groups is 1. The van der Waals surface area contributed by atoms with Crippen LogP contribution in [0.3, 0.4) is 0 Å². The van der Waals surface area contributed by atoms with Crippen molar-refractivity contribution in [3.8, 4) is 0 Å². The number of amides is 3. The van der Waals surface area contributed by atoms with Gasteiger partial charge >= 0.3 is 6.18 Å². The van der Waals surface area contributed by atoms with E-state index >= 15 is 0 Å². The Bertz CT molecular complexity index is 1390. The summed E-state index contributed by atoms with van der Waals surface area (Å²) in [6, 6.07) is 10.1. The van der Waals surface area contributed by atoms with Crippen LogP contribution in [-0.4, -0.2) is 51.8 Å². The van der Waals surface area contributed by atoms with E-state index in [1.165, 1.54) is 36.3 Å². The van der Waals surface area contributed by atoms with Gasteiger partial charge in [-0.15, -0.1) is 0 Å². The Morgan fingerprint density at radius 1 is 0.977 bits per heavy atom. The predicted molar refractivity (Wildman–Crippen MR) is 152 cm³/mol. The molecule has 3 unspecified atom stereocenters. The number of benzene rings is 2. The minimum absolute atomic E-state index is 0.0832. The fourth-order valence-electron chi connectivity index (χ4n) is 7.61. The molecule has 3 aliphatic heterocycles. The van der Waals surface area contributed by atoms with Gasteiger partial charge in [0, 0.05) is 44.1 Å². The molecule has 43 heavy (non-hydrogen) atoms. The van der Waals surface area contributed by atoms with Crippen LogP contribution >= 0.6 is 0 Å². The normalized spacial score (nSPS) is 27.3. The maximum absolute atomic E-state index is 13.2. The lowest BCUT2D eigenvalue weighted by Gasteiger charge is -2.46. The molecule has 10 heteroatoms. The fraction of sp³-hybridized carbons (Fsp3) is 0.545. The monoisotopic (exact) mass is 597 g/mol. The Hall–Kier alpha value is -3.24. The van der Waals surface area contributed by atoms with Crippen LogP contribution in [-0.2, 0) is 34.5 Å². The van der Waals surface area contributed by atoms with Crippen LogP contribution in [0.2, 0.25) is 0 Å². The number of rotatable bonds is 6. The number of nitrogens with one attached hydrogen (secondary N) is 1. The van der Waals surface area contributed by atoms with Crippen LogP contribution in [0.25, 0.3) is 0 Å². The molecule has 1 saturated carbocycles. The summed E-state index contributed by atoms with van der Waals surface area (Å²) in [5, 5.41) is 14.7. The summed E-state index contributed by atoms with van der Waals surface area (Å²) in [5.41, 5.74) is 1.07. The van der Waals surface area contributed by atoms with E-state index in [1.54, 1.807) is 6.07 Å². The number of hydrogen-bond donors (Lipinski definition) is 2. The molecule has 2 aromatic carbocycles. The van der Waals surface area contributed by atoms with Gasteiger partial charge in [0.25, 0.3) is 5.91 Å². The minimum atomic E-state index is -4.37. The van der Waals surface area contributed by atoms with Crippen LogP contribution in [0, 0.1) is 11.8 Å². The molecule has 2 saturated heterocycles. The van der Waals surface area contributed by atoms with Crippen molar-refractivity contribution in [1.29, 1.82) is 0 Å². The Morgan fingerprint density at radius 2 is 1.72 bits per heavy atom. The van der Waals surface area contributed by atoms with Gasteiger partial charge in [-0.1, -0.05) is 56.4 Å². The lowest BCUT2D eigenvalue weighted by Crippen LogP contribution is -2.52. The highest BCUT2D eigenvalue weighted by atomic mass is 19.4. The van der Waals surface area contributed by atoms with Gasteiger partial charge in [0.15, 0.2) is 0 Å². The van der Waals surface area contributed by atoms with Crippen molar-refractivity contribution in [2.45, 2.75) is 88.7 Å². The van der Waals surface area contributed by atoms with Crippen LogP contribution in [0.4, 0.5) is 13.2 Å². The zero-order chi connectivity index (χ0) is 30.4. The average molecular weight is 598 g/mol. The molecule has 3 amide bonds. The quantitative estimate of drug-likeness (QED) is 0.450. The van der Waals surface area contributed by atoms with Gasteiger partial charge in [-0.25, -0.2) is 0 Å². The van der Waals surface area contributed by atoms with Crippen molar-refractivity contribution >= 4 is 17.7 Å². The molecule has 3 fully saturated rings. The second-order valence-electron chi connectivity index (χ2n) is 12.8. The van der Waals surface area contributed by atoms with Crippen molar-refractivity contribution < 1.29 is 32.7 Å². The molecule has 2 N–H and O–H groups in total. The third-order valence-corrected chi connectivity index (χ3v) is 10.0. The summed E-state index contributed by atoms with van der Waals surface area (Å²) in [7, 11) is 0. The summed E-state index contributed by atoms with van der Waals surface area (Å²) in [6.45, 7) is 1.95. The van der Waals surface area contributed by atoms with Gasteiger partial charge in [-0.3, -0.25) is 24.6 Å². The summed E-state index contributed by atoms with van der Waals surface area (Å²) >= 11 is 0. The molecule has 3 atom stereocenters. The largest absolute Gasteiger partial charge is 0.416 e. The SMILES string of the molecule is O=C1CCC(N2Cc3cc(C4(O)CCN(Cc5ccc(C(F)(F)F)cc5)CC4CC4CCCCC4)ccc3C2=O)C(=O)N1. The van der Waals surface area contributed by atoms with Crippen molar-refractivity contribution in [2.24, 2.45) is 11.8 Å². The number of hydrogen-bond acceptors (Lipinski definition) is 5. The van der Waals surface area contributed by atoms with Crippen LogP contribution in [0.1, 0.15) is 90.4 Å². The Labute approximate surface area is 249 Å². The number of aliphatic hydroxyl groups is 1. The molecule has 7 nitrogen and oxygen atoms in total. The maximum atomic E-state index is 13.2. The Balaban J connectivity index is 1.22. The summed E-state index contributed by atoms with van der Waals surface area (Å²) < 4.78 is 39.2. The third kappa shape index (κ3) is 6.09. The molecular weight excluding hydrogens is 559 g/mol. The number of piperidine rings is 2. The zero-order valence-electron chi connectivity index (χ0n) is 24.2. The molecule has 0 bridgehead atoms. The van der Waals surface area contributed by atoms with Crippen LogP contribution in [0.15, 0.2) is 42.5 Å². The number of fused-ring (bicyclic) bond motifs is 1. The predicted octanol–water partition coefficient (Wildman–Crippen LogP) is 5.15.